The number of carbonyl (C=O) groups is 1. The van der Waals surface area contributed by atoms with Crippen molar-refractivity contribution in [3.63, 3.8) is 0 Å². The van der Waals surface area contributed by atoms with Crippen molar-refractivity contribution < 1.29 is 14.8 Å². The first-order chi connectivity index (χ1) is 9.06. The summed E-state index contributed by atoms with van der Waals surface area (Å²) < 4.78 is 0. The van der Waals surface area contributed by atoms with Crippen LogP contribution in [0.5, 0.6) is 0 Å². The average molecular weight is 266 g/mol. The van der Waals surface area contributed by atoms with Crippen LogP contribution in [0.25, 0.3) is 0 Å². The number of hydrogen-bond donors (Lipinski definition) is 1. The Bertz CT molecular complexity index is 468. The van der Waals surface area contributed by atoms with E-state index in [1.165, 1.54) is 12.3 Å². The number of nitrogens with zero attached hydrogens (tertiary/aromatic N) is 4. The van der Waals surface area contributed by atoms with Gasteiger partial charge in [-0.15, -0.1) is 0 Å². The second-order valence-electron chi connectivity index (χ2n) is 4.29. The molecule has 0 unspecified atom stereocenters. The molecule has 2 heterocycles. The van der Waals surface area contributed by atoms with Gasteiger partial charge in [0, 0.05) is 32.2 Å². The van der Waals surface area contributed by atoms with Crippen molar-refractivity contribution in [1.82, 2.24) is 9.88 Å². The largest absolute Gasteiger partial charge is 0.480 e. The van der Waals surface area contributed by atoms with E-state index in [1.54, 1.807) is 6.07 Å². The van der Waals surface area contributed by atoms with Crippen LogP contribution in [0.2, 0.25) is 0 Å². The number of carboxylic acids is 1. The summed E-state index contributed by atoms with van der Waals surface area (Å²) in [5.41, 5.74) is 0.820. The van der Waals surface area contributed by atoms with Gasteiger partial charge in [0.2, 0.25) is 0 Å². The van der Waals surface area contributed by atoms with Crippen LogP contribution < -0.4 is 4.90 Å². The molecule has 19 heavy (non-hydrogen) atoms. The SMILES string of the molecule is O=C(O)CN1CCN(c2ccc([N+](=O)[O-])nc2)CC1. The summed E-state index contributed by atoms with van der Waals surface area (Å²) in [6.45, 7) is 2.73. The van der Waals surface area contributed by atoms with E-state index in [1.807, 2.05) is 9.80 Å². The first-order valence-electron chi connectivity index (χ1n) is 5.86. The van der Waals surface area contributed by atoms with E-state index in [4.69, 9.17) is 5.11 Å². The van der Waals surface area contributed by atoms with Gasteiger partial charge in [-0.2, -0.15) is 0 Å². The van der Waals surface area contributed by atoms with E-state index < -0.39 is 10.9 Å². The molecule has 0 aliphatic carbocycles. The van der Waals surface area contributed by atoms with Crippen LogP contribution in [0.15, 0.2) is 18.3 Å². The average Bonchev–Trinajstić information content (AvgIpc) is 2.39. The number of aromatic nitrogens is 1. The molecular weight excluding hydrogens is 252 g/mol. The van der Waals surface area contributed by atoms with Crippen LogP contribution >= 0.6 is 0 Å². The molecule has 102 valence electrons. The van der Waals surface area contributed by atoms with Crippen molar-refractivity contribution >= 4 is 17.5 Å². The van der Waals surface area contributed by atoms with Crippen LogP contribution in [-0.4, -0.2) is 58.6 Å². The van der Waals surface area contributed by atoms with Crippen LogP contribution in [0, 0.1) is 10.1 Å². The molecule has 0 bridgehead atoms. The number of hydrogen-bond acceptors (Lipinski definition) is 6. The minimum absolute atomic E-state index is 0.0480. The Hall–Kier alpha value is -2.22. The first kappa shape index (κ1) is 13.2. The third kappa shape index (κ3) is 3.38. The maximum absolute atomic E-state index is 10.6. The zero-order chi connectivity index (χ0) is 13.8. The van der Waals surface area contributed by atoms with Gasteiger partial charge in [-0.1, -0.05) is 0 Å². The molecule has 2 rings (SSSR count). The lowest BCUT2D eigenvalue weighted by atomic mass is 10.2. The fourth-order valence-electron chi connectivity index (χ4n) is 2.03. The Morgan fingerprint density at radius 3 is 2.53 bits per heavy atom. The third-order valence-electron chi connectivity index (χ3n) is 3.02. The number of anilines is 1. The van der Waals surface area contributed by atoms with Crippen LogP contribution in [0.1, 0.15) is 0 Å². The van der Waals surface area contributed by atoms with Gasteiger partial charge in [-0.05, 0) is 16.0 Å². The minimum Gasteiger partial charge on any atom is -0.480 e. The quantitative estimate of drug-likeness (QED) is 0.613. The zero-order valence-corrected chi connectivity index (χ0v) is 10.2. The number of piperazine rings is 1. The molecule has 0 saturated carbocycles. The highest BCUT2D eigenvalue weighted by Crippen LogP contribution is 2.17. The lowest BCUT2D eigenvalue weighted by Crippen LogP contribution is -2.48. The highest BCUT2D eigenvalue weighted by Gasteiger charge is 2.20. The van der Waals surface area contributed by atoms with Crippen molar-refractivity contribution in [3.8, 4) is 0 Å². The first-order valence-corrected chi connectivity index (χ1v) is 5.86. The van der Waals surface area contributed by atoms with Gasteiger partial charge < -0.3 is 20.1 Å². The second kappa shape index (κ2) is 5.61. The lowest BCUT2D eigenvalue weighted by molar-refractivity contribution is -0.389. The molecule has 1 aromatic heterocycles. The van der Waals surface area contributed by atoms with Crippen molar-refractivity contribution in [2.45, 2.75) is 0 Å². The summed E-state index contributed by atoms with van der Waals surface area (Å²) in [6.07, 6.45) is 1.48. The summed E-state index contributed by atoms with van der Waals surface area (Å²) in [5.74, 6) is -1.00. The van der Waals surface area contributed by atoms with Gasteiger partial charge >= 0.3 is 11.8 Å². The summed E-state index contributed by atoms with van der Waals surface area (Å²) >= 11 is 0. The van der Waals surface area contributed by atoms with Gasteiger partial charge in [-0.25, -0.2) is 0 Å². The number of carboxylic acid groups (broad SMARTS) is 1. The van der Waals surface area contributed by atoms with E-state index >= 15 is 0 Å². The Labute approximate surface area is 109 Å². The number of pyridine rings is 1. The Morgan fingerprint density at radius 2 is 2.05 bits per heavy atom. The number of rotatable bonds is 4. The predicted molar refractivity (Wildman–Crippen MR) is 67.2 cm³/mol. The summed E-state index contributed by atoms with van der Waals surface area (Å²) in [6, 6.07) is 3.04. The molecule has 0 amide bonds. The summed E-state index contributed by atoms with van der Waals surface area (Å²) in [7, 11) is 0. The molecule has 8 heteroatoms. The van der Waals surface area contributed by atoms with Gasteiger partial charge in [0.15, 0.2) is 6.20 Å². The van der Waals surface area contributed by atoms with E-state index in [2.05, 4.69) is 4.98 Å². The van der Waals surface area contributed by atoms with Gasteiger partial charge in [0.05, 0.1) is 12.2 Å². The minimum atomic E-state index is -0.828. The molecule has 0 aromatic carbocycles. The molecule has 1 saturated heterocycles. The molecule has 1 aliphatic rings. The highest BCUT2D eigenvalue weighted by molar-refractivity contribution is 5.69. The molecule has 1 fully saturated rings. The topological polar surface area (TPSA) is 99.8 Å². The Kier molecular flexibility index (Phi) is 3.91. The van der Waals surface area contributed by atoms with Crippen LogP contribution in [0.4, 0.5) is 11.5 Å². The normalized spacial score (nSPS) is 16.3. The predicted octanol–water partition coefficient (Wildman–Crippen LogP) is 0.196. The highest BCUT2D eigenvalue weighted by atomic mass is 16.6. The van der Waals surface area contributed by atoms with Crippen LogP contribution in [-0.2, 0) is 4.79 Å². The van der Waals surface area contributed by atoms with Crippen LogP contribution in [0.3, 0.4) is 0 Å². The number of aliphatic carboxylic acids is 1. The Morgan fingerprint density at radius 1 is 1.37 bits per heavy atom. The molecule has 8 nitrogen and oxygen atoms in total. The fraction of sp³-hybridized carbons (Fsp3) is 0.455. The molecule has 0 atom stereocenters. The monoisotopic (exact) mass is 266 g/mol. The molecule has 1 aromatic rings. The van der Waals surface area contributed by atoms with E-state index in [0.717, 1.165) is 5.69 Å². The molecule has 0 spiro atoms. The zero-order valence-electron chi connectivity index (χ0n) is 10.2. The summed E-state index contributed by atoms with van der Waals surface area (Å²) in [4.78, 5) is 28.2. The van der Waals surface area contributed by atoms with Gasteiger partial charge in [-0.3, -0.25) is 9.69 Å². The maximum atomic E-state index is 10.6. The molecule has 1 aliphatic heterocycles. The fourth-order valence-corrected chi connectivity index (χ4v) is 2.03. The summed E-state index contributed by atoms with van der Waals surface area (Å²) in [5, 5.41) is 19.2. The van der Waals surface area contributed by atoms with Crippen molar-refractivity contribution in [2.24, 2.45) is 0 Å². The second-order valence-corrected chi connectivity index (χ2v) is 4.29. The number of nitro groups is 1. The Balaban J connectivity index is 1.94. The van der Waals surface area contributed by atoms with Crippen molar-refractivity contribution in [3.05, 3.63) is 28.4 Å². The van der Waals surface area contributed by atoms with Gasteiger partial charge in [0.25, 0.3) is 0 Å². The standard InChI is InChI=1S/C11H14N4O4/c16-11(17)8-13-3-5-14(6-4-13)9-1-2-10(12-7-9)15(18)19/h1-2,7H,3-6,8H2,(H,16,17). The third-order valence-corrected chi connectivity index (χ3v) is 3.02. The van der Waals surface area contributed by atoms with E-state index in [-0.39, 0.29) is 12.4 Å². The molecule has 0 radical (unpaired) electrons. The van der Waals surface area contributed by atoms with Gasteiger partial charge in [0.1, 0.15) is 0 Å². The van der Waals surface area contributed by atoms with E-state index in [9.17, 15) is 14.9 Å². The lowest BCUT2D eigenvalue weighted by Gasteiger charge is -2.34. The molecule has 1 N–H and O–H groups in total. The van der Waals surface area contributed by atoms with E-state index in [0.29, 0.717) is 26.2 Å². The maximum Gasteiger partial charge on any atom is 0.363 e. The molecular formula is C11H14N4O4. The van der Waals surface area contributed by atoms with Crippen molar-refractivity contribution in [2.75, 3.05) is 37.6 Å². The smallest absolute Gasteiger partial charge is 0.363 e. The van der Waals surface area contributed by atoms with Crippen molar-refractivity contribution in [1.29, 1.82) is 0 Å².